The van der Waals surface area contributed by atoms with Crippen molar-refractivity contribution in [3.8, 4) is 0 Å². The molecule has 0 radical (unpaired) electrons. The first-order chi connectivity index (χ1) is 8.43. The Morgan fingerprint density at radius 2 is 2.22 bits per heavy atom. The number of anilines is 2. The molecule has 0 bridgehead atoms. The van der Waals surface area contributed by atoms with Gasteiger partial charge in [-0.1, -0.05) is 18.5 Å². The number of aliphatic hydroxyl groups is 1. The molecule has 1 amide bonds. The summed E-state index contributed by atoms with van der Waals surface area (Å²) < 4.78 is 0. The highest BCUT2D eigenvalue weighted by molar-refractivity contribution is 8.01. The van der Waals surface area contributed by atoms with Gasteiger partial charge in [-0.15, -0.1) is 11.8 Å². The highest BCUT2D eigenvalue weighted by Gasteiger charge is 2.17. The molecule has 0 aliphatic rings. The van der Waals surface area contributed by atoms with E-state index in [4.69, 9.17) is 22.4 Å². The van der Waals surface area contributed by atoms with E-state index >= 15 is 0 Å². The number of nitrogens with two attached hydrogens (primary N) is 1. The summed E-state index contributed by atoms with van der Waals surface area (Å²) in [6.45, 7) is 3.69. The quantitative estimate of drug-likeness (QED) is 0.727. The maximum Gasteiger partial charge on any atom is 0.237 e. The van der Waals surface area contributed by atoms with Gasteiger partial charge in [0, 0.05) is 10.3 Å². The molecule has 6 heteroatoms. The summed E-state index contributed by atoms with van der Waals surface area (Å²) in [6.07, 6.45) is 0. The minimum atomic E-state index is -0.273. The number of nitrogen functional groups attached to an aromatic ring is 1. The van der Waals surface area contributed by atoms with Gasteiger partial charge in [-0.05, 0) is 25.1 Å². The lowest BCUT2D eigenvalue weighted by molar-refractivity contribution is -0.115. The standard InChI is InChI=1S/C12H17ClN2O2S/c1-7(6-16)18-8(2)12(17)15-11-5-9(13)3-4-10(11)14/h3-5,7-8,16H,6,14H2,1-2H3,(H,15,17). The van der Waals surface area contributed by atoms with Crippen LogP contribution in [0.3, 0.4) is 0 Å². The lowest BCUT2D eigenvalue weighted by Crippen LogP contribution is -2.25. The van der Waals surface area contributed by atoms with Crippen LogP contribution in [0.1, 0.15) is 13.8 Å². The Balaban J connectivity index is 2.66. The maximum absolute atomic E-state index is 11.9. The molecule has 0 aliphatic carbocycles. The average Bonchev–Trinajstić information content (AvgIpc) is 2.33. The topological polar surface area (TPSA) is 75.3 Å². The van der Waals surface area contributed by atoms with Crippen LogP contribution in [-0.4, -0.2) is 28.1 Å². The Morgan fingerprint density at radius 1 is 1.56 bits per heavy atom. The minimum Gasteiger partial charge on any atom is -0.397 e. The molecule has 2 unspecified atom stereocenters. The molecule has 0 saturated carbocycles. The summed E-state index contributed by atoms with van der Waals surface area (Å²) in [6, 6.07) is 4.92. The summed E-state index contributed by atoms with van der Waals surface area (Å²) in [7, 11) is 0. The van der Waals surface area contributed by atoms with E-state index in [2.05, 4.69) is 5.32 Å². The van der Waals surface area contributed by atoms with Crippen LogP contribution < -0.4 is 11.1 Å². The smallest absolute Gasteiger partial charge is 0.237 e. The van der Waals surface area contributed by atoms with Gasteiger partial charge in [0.1, 0.15) is 0 Å². The van der Waals surface area contributed by atoms with Gasteiger partial charge in [0.2, 0.25) is 5.91 Å². The normalized spacial score (nSPS) is 14.0. The largest absolute Gasteiger partial charge is 0.397 e. The van der Waals surface area contributed by atoms with Crippen molar-refractivity contribution in [3.05, 3.63) is 23.2 Å². The SMILES string of the molecule is CC(CO)SC(C)C(=O)Nc1cc(Cl)ccc1N. The number of nitrogens with one attached hydrogen (secondary N) is 1. The van der Waals surface area contributed by atoms with E-state index in [1.165, 1.54) is 11.8 Å². The molecule has 100 valence electrons. The van der Waals surface area contributed by atoms with Crippen molar-refractivity contribution in [2.75, 3.05) is 17.7 Å². The van der Waals surface area contributed by atoms with E-state index in [0.29, 0.717) is 16.4 Å². The third kappa shape index (κ3) is 4.40. The number of hydrogen-bond acceptors (Lipinski definition) is 4. The van der Waals surface area contributed by atoms with Gasteiger partial charge >= 0.3 is 0 Å². The van der Waals surface area contributed by atoms with Crippen LogP contribution in [0, 0.1) is 0 Å². The molecule has 1 rings (SSSR count). The Hall–Kier alpha value is -0.910. The molecule has 0 saturated heterocycles. The zero-order valence-corrected chi connectivity index (χ0v) is 11.9. The zero-order chi connectivity index (χ0) is 13.7. The lowest BCUT2D eigenvalue weighted by Gasteiger charge is -2.16. The maximum atomic E-state index is 11.9. The van der Waals surface area contributed by atoms with E-state index < -0.39 is 0 Å². The van der Waals surface area contributed by atoms with Crippen molar-refractivity contribution in [3.63, 3.8) is 0 Å². The second kappa shape index (κ2) is 6.87. The van der Waals surface area contributed by atoms with E-state index in [1.807, 2.05) is 6.92 Å². The molecule has 0 aliphatic heterocycles. The Bertz CT molecular complexity index is 429. The molecule has 2 atom stereocenters. The molecule has 18 heavy (non-hydrogen) atoms. The number of amides is 1. The number of benzene rings is 1. The predicted molar refractivity (Wildman–Crippen MR) is 78.1 cm³/mol. The van der Waals surface area contributed by atoms with Gasteiger partial charge in [0.05, 0.1) is 23.2 Å². The molecule has 0 fully saturated rings. The van der Waals surface area contributed by atoms with Crippen LogP contribution in [-0.2, 0) is 4.79 Å². The molecule has 4 N–H and O–H groups in total. The summed E-state index contributed by atoms with van der Waals surface area (Å²) in [5, 5.41) is 11.9. The number of rotatable bonds is 5. The Morgan fingerprint density at radius 3 is 2.83 bits per heavy atom. The first-order valence-electron chi connectivity index (χ1n) is 5.56. The molecule has 1 aromatic rings. The summed E-state index contributed by atoms with van der Waals surface area (Å²) in [4.78, 5) is 11.9. The second-order valence-electron chi connectivity index (χ2n) is 3.99. The molecule has 0 spiro atoms. The average molecular weight is 289 g/mol. The number of halogens is 1. The van der Waals surface area contributed by atoms with Crippen molar-refractivity contribution in [1.29, 1.82) is 0 Å². The summed E-state index contributed by atoms with van der Waals surface area (Å²) >= 11 is 7.24. The van der Waals surface area contributed by atoms with E-state index in [9.17, 15) is 4.79 Å². The predicted octanol–water partition coefficient (Wildman–Crippen LogP) is 2.36. The van der Waals surface area contributed by atoms with Crippen LogP contribution in [0.5, 0.6) is 0 Å². The second-order valence-corrected chi connectivity index (χ2v) is 6.21. The van der Waals surface area contributed by atoms with Crippen LogP contribution in [0.15, 0.2) is 18.2 Å². The van der Waals surface area contributed by atoms with Gasteiger partial charge in [-0.3, -0.25) is 4.79 Å². The molecule has 1 aromatic carbocycles. The Labute approximate surface area is 116 Å². The highest BCUT2D eigenvalue weighted by Crippen LogP contribution is 2.25. The van der Waals surface area contributed by atoms with Crippen LogP contribution in [0.4, 0.5) is 11.4 Å². The van der Waals surface area contributed by atoms with Gasteiger partial charge < -0.3 is 16.2 Å². The monoisotopic (exact) mass is 288 g/mol. The zero-order valence-electron chi connectivity index (χ0n) is 10.3. The third-order valence-electron chi connectivity index (χ3n) is 2.34. The van der Waals surface area contributed by atoms with Gasteiger partial charge in [0.15, 0.2) is 0 Å². The number of carbonyl (C=O) groups is 1. The molecule has 0 aromatic heterocycles. The van der Waals surface area contributed by atoms with Crippen LogP contribution in [0.2, 0.25) is 5.02 Å². The summed E-state index contributed by atoms with van der Waals surface area (Å²) in [5.74, 6) is -0.158. The number of thioether (sulfide) groups is 1. The fourth-order valence-corrected chi connectivity index (χ4v) is 2.46. The molecular weight excluding hydrogens is 272 g/mol. The number of carbonyl (C=O) groups excluding carboxylic acids is 1. The van der Waals surface area contributed by atoms with Crippen molar-refractivity contribution in [1.82, 2.24) is 0 Å². The minimum absolute atomic E-state index is 0.0162. The van der Waals surface area contributed by atoms with Gasteiger partial charge in [-0.25, -0.2) is 0 Å². The molecular formula is C12H17ClN2O2S. The highest BCUT2D eigenvalue weighted by atomic mass is 35.5. The fourth-order valence-electron chi connectivity index (χ4n) is 1.32. The Kier molecular flexibility index (Phi) is 5.78. The van der Waals surface area contributed by atoms with Gasteiger partial charge in [0.25, 0.3) is 0 Å². The number of aliphatic hydroxyl groups excluding tert-OH is 1. The van der Waals surface area contributed by atoms with Crippen molar-refractivity contribution in [2.24, 2.45) is 0 Å². The van der Waals surface area contributed by atoms with Gasteiger partial charge in [-0.2, -0.15) is 0 Å². The van der Waals surface area contributed by atoms with E-state index in [0.717, 1.165) is 0 Å². The van der Waals surface area contributed by atoms with Crippen molar-refractivity contribution >= 4 is 40.6 Å². The van der Waals surface area contributed by atoms with E-state index in [-0.39, 0.29) is 23.0 Å². The first-order valence-corrected chi connectivity index (χ1v) is 6.88. The molecule has 0 heterocycles. The number of hydrogen-bond donors (Lipinski definition) is 3. The van der Waals surface area contributed by atoms with Crippen molar-refractivity contribution in [2.45, 2.75) is 24.3 Å². The van der Waals surface area contributed by atoms with Crippen LogP contribution in [0.25, 0.3) is 0 Å². The van der Waals surface area contributed by atoms with Crippen molar-refractivity contribution < 1.29 is 9.90 Å². The fraction of sp³-hybridized carbons (Fsp3) is 0.417. The van der Waals surface area contributed by atoms with Crippen LogP contribution >= 0.6 is 23.4 Å². The third-order valence-corrected chi connectivity index (χ3v) is 3.81. The first kappa shape index (κ1) is 15.1. The lowest BCUT2D eigenvalue weighted by atomic mass is 10.2. The summed E-state index contributed by atoms with van der Waals surface area (Å²) in [5.41, 5.74) is 6.73. The van der Waals surface area contributed by atoms with E-state index in [1.54, 1.807) is 25.1 Å². The molecule has 4 nitrogen and oxygen atoms in total.